The average Bonchev–Trinajstić information content (AvgIpc) is 3.19. The van der Waals surface area contributed by atoms with Gasteiger partial charge >= 0.3 is 0 Å². The van der Waals surface area contributed by atoms with E-state index in [2.05, 4.69) is 5.32 Å². The molecule has 1 unspecified atom stereocenters. The predicted molar refractivity (Wildman–Crippen MR) is 67.4 cm³/mol. The van der Waals surface area contributed by atoms with Crippen molar-refractivity contribution in [2.75, 3.05) is 0 Å². The monoisotopic (exact) mass is 259 g/mol. The van der Waals surface area contributed by atoms with Gasteiger partial charge in [0.25, 0.3) is 11.6 Å². The minimum absolute atomic E-state index is 0.00546. The Labute approximate surface area is 110 Å². The number of carbonyl (C=O) groups is 1. The number of rotatable bonds is 4. The summed E-state index contributed by atoms with van der Waals surface area (Å²) in [6.45, 7) is 1.58. The zero-order chi connectivity index (χ0) is 14.0. The summed E-state index contributed by atoms with van der Waals surface area (Å²) < 4.78 is 0. The van der Waals surface area contributed by atoms with Gasteiger partial charge in [-0.2, -0.15) is 5.26 Å². The van der Waals surface area contributed by atoms with E-state index >= 15 is 0 Å². The first-order valence-electron chi connectivity index (χ1n) is 5.99. The molecular formula is C13H13N3O3. The molecule has 1 aromatic rings. The van der Waals surface area contributed by atoms with Crippen LogP contribution in [0.1, 0.15) is 28.8 Å². The number of carbonyl (C=O) groups excluding carboxylic acids is 1. The van der Waals surface area contributed by atoms with Crippen LogP contribution in [0.4, 0.5) is 5.69 Å². The molecule has 1 aliphatic carbocycles. The Morgan fingerprint density at radius 3 is 2.79 bits per heavy atom. The fourth-order valence-corrected chi connectivity index (χ4v) is 1.99. The van der Waals surface area contributed by atoms with E-state index < -0.39 is 16.9 Å². The van der Waals surface area contributed by atoms with Gasteiger partial charge in [0.2, 0.25) is 0 Å². The second-order valence-electron chi connectivity index (χ2n) is 4.65. The van der Waals surface area contributed by atoms with Gasteiger partial charge in [-0.15, -0.1) is 0 Å². The molecule has 0 spiro atoms. The van der Waals surface area contributed by atoms with Gasteiger partial charge in [-0.3, -0.25) is 14.9 Å². The van der Waals surface area contributed by atoms with Crippen LogP contribution in [0.25, 0.3) is 0 Å². The van der Waals surface area contributed by atoms with Crippen LogP contribution in [0.3, 0.4) is 0 Å². The minimum Gasteiger partial charge on any atom is -0.336 e. The SMILES string of the molecule is Cc1cccc(C(=O)NC(C#N)C2CC2)c1[N+](=O)[O-]. The number of nitro benzene ring substituents is 1. The molecule has 19 heavy (non-hydrogen) atoms. The molecule has 1 saturated carbocycles. The van der Waals surface area contributed by atoms with E-state index in [0.29, 0.717) is 5.56 Å². The lowest BCUT2D eigenvalue weighted by molar-refractivity contribution is -0.385. The third kappa shape index (κ3) is 2.71. The van der Waals surface area contributed by atoms with Gasteiger partial charge in [-0.25, -0.2) is 0 Å². The number of nitro groups is 1. The lowest BCUT2D eigenvalue weighted by Crippen LogP contribution is -2.35. The quantitative estimate of drug-likeness (QED) is 0.660. The Kier molecular flexibility index (Phi) is 3.47. The van der Waals surface area contributed by atoms with Gasteiger partial charge in [0.05, 0.1) is 11.0 Å². The lowest BCUT2D eigenvalue weighted by atomic mass is 10.1. The maximum absolute atomic E-state index is 12.1. The number of hydrogen-bond donors (Lipinski definition) is 1. The van der Waals surface area contributed by atoms with Crippen molar-refractivity contribution in [1.29, 1.82) is 5.26 Å². The number of para-hydroxylation sites is 1. The highest BCUT2D eigenvalue weighted by atomic mass is 16.6. The van der Waals surface area contributed by atoms with Crippen molar-refractivity contribution < 1.29 is 9.72 Å². The van der Waals surface area contributed by atoms with Crippen LogP contribution in [0.2, 0.25) is 0 Å². The molecule has 98 valence electrons. The molecule has 6 nitrogen and oxygen atoms in total. The zero-order valence-corrected chi connectivity index (χ0v) is 10.4. The summed E-state index contributed by atoms with van der Waals surface area (Å²) in [5, 5.41) is 22.5. The summed E-state index contributed by atoms with van der Waals surface area (Å²) >= 11 is 0. The minimum atomic E-state index is -0.567. The molecule has 1 fully saturated rings. The fraction of sp³-hybridized carbons (Fsp3) is 0.385. The molecule has 0 bridgehead atoms. The van der Waals surface area contributed by atoms with E-state index in [0.717, 1.165) is 12.8 Å². The second-order valence-corrected chi connectivity index (χ2v) is 4.65. The van der Waals surface area contributed by atoms with E-state index in [1.165, 1.54) is 6.07 Å². The van der Waals surface area contributed by atoms with E-state index in [1.807, 2.05) is 6.07 Å². The molecule has 0 aromatic heterocycles. The summed E-state index contributed by atoms with van der Waals surface area (Å²) in [7, 11) is 0. The van der Waals surface area contributed by atoms with E-state index in [1.54, 1.807) is 19.1 Å². The van der Waals surface area contributed by atoms with Gasteiger partial charge in [-0.05, 0) is 31.7 Å². The number of nitrogens with zero attached hydrogens (tertiary/aromatic N) is 2. The van der Waals surface area contributed by atoms with Crippen LogP contribution in [0, 0.1) is 34.3 Å². The van der Waals surface area contributed by atoms with Crippen molar-refractivity contribution >= 4 is 11.6 Å². The topological polar surface area (TPSA) is 96.0 Å². The van der Waals surface area contributed by atoms with Gasteiger partial charge in [-0.1, -0.05) is 12.1 Å². The summed E-state index contributed by atoms with van der Waals surface area (Å²) in [5.41, 5.74) is 0.232. The largest absolute Gasteiger partial charge is 0.336 e. The van der Waals surface area contributed by atoms with Crippen molar-refractivity contribution in [1.82, 2.24) is 5.32 Å². The average molecular weight is 259 g/mol. The molecular weight excluding hydrogens is 246 g/mol. The van der Waals surface area contributed by atoms with Crippen LogP contribution in [-0.2, 0) is 0 Å². The number of nitriles is 1. The molecule has 0 heterocycles. The number of nitrogens with one attached hydrogen (secondary N) is 1. The van der Waals surface area contributed by atoms with Crippen LogP contribution in [-0.4, -0.2) is 16.9 Å². The first-order valence-corrected chi connectivity index (χ1v) is 5.99. The van der Waals surface area contributed by atoms with Crippen LogP contribution in [0.15, 0.2) is 18.2 Å². The van der Waals surface area contributed by atoms with Crippen molar-refractivity contribution in [2.45, 2.75) is 25.8 Å². The normalized spacial score (nSPS) is 15.4. The van der Waals surface area contributed by atoms with Crippen molar-refractivity contribution in [3.05, 3.63) is 39.4 Å². The van der Waals surface area contributed by atoms with Crippen molar-refractivity contribution in [3.63, 3.8) is 0 Å². The molecule has 1 N–H and O–H groups in total. The third-order valence-corrected chi connectivity index (χ3v) is 3.18. The Balaban J connectivity index is 2.26. The lowest BCUT2D eigenvalue weighted by Gasteiger charge is -2.11. The Morgan fingerprint density at radius 1 is 1.58 bits per heavy atom. The molecule has 1 aromatic carbocycles. The highest BCUT2D eigenvalue weighted by molar-refractivity contribution is 5.99. The number of hydrogen-bond acceptors (Lipinski definition) is 4. The van der Waals surface area contributed by atoms with E-state index in [4.69, 9.17) is 5.26 Å². The van der Waals surface area contributed by atoms with E-state index in [9.17, 15) is 14.9 Å². The fourth-order valence-electron chi connectivity index (χ4n) is 1.99. The van der Waals surface area contributed by atoms with Crippen molar-refractivity contribution in [3.8, 4) is 6.07 Å². The van der Waals surface area contributed by atoms with Gasteiger partial charge in [0.1, 0.15) is 11.6 Å². The maximum atomic E-state index is 12.1. The Morgan fingerprint density at radius 2 is 2.26 bits per heavy atom. The predicted octanol–water partition coefficient (Wildman–Crippen LogP) is 1.94. The molecule has 0 radical (unpaired) electrons. The Hall–Kier alpha value is -2.42. The Bertz CT molecular complexity index is 573. The van der Waals surface area contributed by atoms with Crippen LogP contribution in [0.5, 0.6) is 0 Å². The van der Waals surface area contributed by atoms with Crippen LogP contribution < -0.4 is 5.32 Å². The highest BCUT2D eigenvalue weighted by Crippen LogP contribution is 2.32. The summed E-state index contributed by atoms with van der Waals surface area (Å²) in [6.07, 6.45) is 1.82. The first kappa shape index (κ1) is 13.0. The first-order chi connectivity index (χ1) is 9.04. The molecule has 0 saturated heterocycles. The smallest absolute Gasteiger partial charge is 0.285 e. The van der Waals surface area contributed by atoms with Gasteiger partial charge < -0.3 is 5.32 Å². The summed E-state index contributed by atoms with van der Waals surface area (Å²) in [6, 6.07) is 6.04. The van der Waals surface area contributed by atoms with Crippen LogP contribution >= 0.6 is 0 Å². The summed E-state index contributed by atoms with van der Waals surface area (Å²) in [4.78, 5) is 22.5. The molecule has 6 heteroatoms. The van der Waals surface area contributed by atoms with Gasteiger partial charge in [0.15, 0.2) is 0 Å². The molecule has 0 aliphatic heterocycles. The molecule has 1 aliphatic rings. The highest BCUT2D eigenvalue weighted by Gasteiger charge is 2.33. The third-order valence-electron chi connectivity index (χ3n) is 3.18. The number of amides is 1. The van der Waals surface area contributed by atoms with E-state index in [-0.39, 0.29) is 17.2 Å². The standard InChI is InChI=1S/C13H13N3O3/c1-8-3-2-4-10(12(8)16(18)19)13(17)15-11(7-14)9-5-6-9/h2-4,9,11H,5-6H2,1H3,(H,15,17). The maximum Gasteiger partial charge on any atom is 0.285 e. The molecule has 1 amide bonds. The second kappa shape index (κ2) is 5.06. The van der Waals surface area contributed by atoms with Crippen molar-refractivity contribution in [2.24, 2.45) is 5.92 Å². The molecule has 1 atom stereocenters. The zero-order valence-electron chi connectivity index (χ0n) is 10.4. The molecule has 2 rings (SSSR count). The van der Waals surface area contributed by atoms with Gasteiger partial charge in [0, 0.05) is 5.56 Å². The number of benzene rings is 1. The number of aryl methyl sites for hydroxylation is 1. The summed E-state index contributed by atoms with van der Waals surface area (Å²) in [5.74, 6) is -0.383.